The molecule has 0 bridgehead atoms. The molecule has 2 fully saturated rings. The number of imidazole rings is 2. The Morgan fingerprint density at radius 2 is 1.34 bits per heavy atom. The highest BCUT2D eigenvalue weighted by atomic mass is 16.5. The van der Waals surface area contributed by atoms with Crippen LogP contribution in [0.15, 0.2) is 103 Å². The number of H-pyrrole nitrogens is 2. The van der Waals surface area contributed by atoms with Crippen molar-refractivity contribution in [3.8, 4) is 33.6 Å². The molecule has 4 heterocycles. The maximum absolute atomic E-state index is 14.1. The molecule has 3 N–H and O–H groups in total. The van der Waals surface area contributed by atoms with Gasteiger partial charge in [0.05, 0.1) is 56.2 Å². The summed E-state index contributed by atoms with van der Waals surface area (Å²) in [6, 6.07) is 27.9. The van der Waals surface area contributed by atoms with Crippen molar-refractivity contribution in [1.29, 1.82) is 0 Å². The Morgan fingerprint density at radius 3 is 1.98 bits per heavy atom. The molecule has 0 aliphatic carbocycles. The fourth-order valence-corrected chi connectivity index (χ4v) is 9.13. The molecule has 5 atom stereocenters. The van der Waals surface area contributed by atoms with Crippen LogP contribution in [0.4, 0.5) is 9.59 Å². The van der Waals surface area contributed by atoms with Crippen molar-refractivity contribution in [3.05, 3.63) is 121 Å². The largest absolute Gasteiger partial charge is 0.453 e. The lowest BCUT2D eigenvalue weighted by Gasteiger charge is -2.34. The minimum atomic E-state index is -0.947. The van der Waals surface area contributed by atoms with Gasteiger partial charge in [-0.05, 0) is 63.9 Å². The fourth-order valence-electron chi connectivity index (χ4n) is 9.13. The van der Waals surface area contributed by atoms with Crippen LogP contribution in [0, 0.1) is 5.92 Å². The Bertz CT molecular complexity index is 2630. The zero-order valence-electron chi connectivity index (χ0n) is 36.9. The number of nitrogens with zero attached hydrogens (tertiary/aromatic N) is 5. The summed E-state index contributed by atoms with van der Waals surface area (Å²) in [6.45, 7) is 4.80. The number of likely N-dealkylation sites (tertiary alicyclic amines) is 2. The molecule has 0 saturated carbocycles. The zero-order valence-corrected chi connectivity index (χ0v) is 36.9. The van der Waals surface area contributed by atoms with E-state index in [0.717, 1.165) is 63.1 Å². The number of hydrogen-bond acceptors (Lipinski definition) is 9. The first-order chi connectivity index (χ1) is 31.0. The first-order valence-corrected chi connectivity index (χ1v) is 21.6. The predicted octanol–water partition coefficient (Wildman–Crippen LogP) is 8.06. The lowest BCUT2D eigenvalue weighted by molar-refractivity contribution is -0.138. The van der Waals surface area contributed by atoms with Gasteiger partial charge in [-0.2, -0.15) is 0 Å². The Kier molecular flexibility index (Phi) is 12.8. The molecule has 64 heavy (non-hydrogen) atoms. The van der Waals surface area contributed by atoms with E-state index in [1.165, 1.54) is 19.1 Å². The number of methoxy groups -OCH3 is 3. The van der Waals surface area contributed by atoms with Crippen molar-refractivity contribution in [3.63, 3.8) is 0 Å². The lowest BCUT2D eigenvalue weighted by atomic mass is 9.98. The molecule has 4 amide bonds. The van der Waals surface area contributed by atoms with Gasteiger partial charge in [-0.15, -0.1) is 0 Å². The predicted molar refractivity (Wildman–Crippen MR) is 242 cm³/mol. The second kappa shape index (κ2) is 18.8. The molecule has 8 rings (SSSR count). The number of nitrogens with one attached hydrogen (secondary N) is 3. The molecular weight excluding hydrogens is 813 g/mol. The quantitative estimate of drug-likeness (QED) is 0.110. The molecule has 2 aliphatic rings. The summed E-state index contributed by atoms with van der Waals surface area (Å²) in [5, 5.41) is 4.88. The van der Waals surface area contributed by atoms with Crippen molar-refractivity contribution in [2.75, 3.05) is 41.5 Å². The molecule has 2 aliphatic heterocycles. The molecule has 332 valence electrons. The van der Waals surface area contributed by atoms with Crippen LogP contribution in [0.3, 0.4) is 0 Å². The summed E-state index contributed by atoms with van der Waals surface area (Å²) in [4.78, 5) is 74.0. The standard InChI is InChI=1S/C49H54N8O7/c1-29(2)43(55(3)49(61)64-6)47(59)56-22-10-13-40(56)44-50-27-39(53-44)36-21-20-34-23-33(18-19-35(34)24-36)30-14-16-31(17-15-30)38-26-51-45(52-38)41-25-37(62-4)28-57(41)46(58)42(54-48(60)63-5)32-11-8-7-9-12-32/h7-9,11-12,14-21,23-24,26-27,29,37,40-43H,10,13,22,25,28H2,1-6H3,(H,50,53)(H,51,52)(H,54,60)/t37-,40-,41-,42+,43?/m0/s1. The number of aromatic amines is 2. The van der Waals surface area contributed by atoms with Gasteiger partial charge in [-0.3, -0.25) is 14.5 Å². The van der Waals surface area contributed by atoms with Crippen molar-refractivity contribution in [2.45, 2.75) is 63.4 Å². The second-order valence-electron chi connectivity index (χ2n) is 16.8. The highest BCUT2D eigenvalue weighted by Crippen LogP contribution is 2.37. The van der Waals surface area contributed by atoms with E-state index in [-0.39, 0.29) is 29.9 Å². The Morgan fingerprint density at radius 1 is 0.734 bits per heavy atom. The normalized spacial score (nSPS) is 18.3. The Labute approximate surface area is 372 Å². The average molecular weight is 867 g/mol. The fraction of sp³-hybridized carbons (Fsp3) is 0.347. The van der Waals surface area contributed by atoms with Gasteiger partial charge in [0.25, 0.3) is 5.91 Å². The third-order valence-corrected chi connectivity index (χ3v) is 12.5. The van der Waals surface area contributed by atoms with Gasteiger partial charge in [0.1, 0.15) is 23.7 Å². The number of fused-ring (bicyclic) bond motifs is 1. The van der Waals surface area contributed by atoms with Crippen molar-refractivity contribution < 1.29 is 33.4 Å². The van der Waals surface area contributed by atoms with Crippen LogP contribution in [0.1, 0.15) is 68.4 Å². The van der Waals surface area contributed by atoms with Crippen LogP contribution in [0.2, 0.25) is 0 Å². The third kappa shape index (κ3) is 8.80. The molecule has 2 saturated heterocycles. The van der Waals surface area contributed by atoms with E-state index >= 15 is 0 Å². The monoisotopic (exact) mass is 866 g/mol. The third-order valence-electron chi connectivity index (χ3n) is 12.5. The lowest BCUT2D eigenvalue weighted by Crippen LogP contribution is -2.51. The Hall–Kier alpha value is -7.00. The molecule has 1 unspecified atom stereocenters. The average Bonchev–Trinajstić information content (AvgIpc) is 4.17. The highest BCUT2D eigenvalue weighted by Gasteiger charge is 2.42. The molecule has 0 radical (unpaired) electrons. The molecule has 15 heteroatoms. The number of carbonyl (C=O) groups is 4. The summed E-state index contributed by atoms with van der Waals surface area (Å²) >= 11 is 0. The van der Waals surface area contributed by atoms with Gasteiger partial charge in [0.15, 0.2) is 0 Å². The van der Waals surface area contributed by atoms with Gasteiger partial charge in [-0.25, -0.2) is 19.6 Å². The van der Waals surface area contributed by atoms with E-state index in [1.54, 1.807) is 37.4 Å². The number of hydrogen-bond donors (Lipinski definition) is 3. The SMILES string of the molecule is COC(=O)N[C@@H](C(=O)N1C[C@@H](OC)C[C@H]1c1ncc(-c2ccc(-c3ccc4cc(-c5cnc([C@@H]6CCCN6C(=O)C(C(C)C)N(C)C(=O)OC)[nH]5)ccc4c3)cc2)[nH]1)c1ccccc1. The topological polar surface area (TPSA) is 175 Å². The summed E-state index contributed by atoms with van der Waals surface area (Å²) in [5.74, 6) is 0.871. The number of carbonyl (C=O) groups excluding carboxylic acids is 4. The van der Waals surface area contributed by atoms with Crippen LogP contribution in [-0.4, -0.2) is 112 Å². The number of amides is 4. The van der Waals surface area contributed by atoms with E-state index in [9.17, 15) is 19.2 Å². The number of aromatic nitrogens is 4. The molecule has 15 nitrogen and oxygen atoms in total. The summed E-state index contributed by atoms with van der Waals surface area (Å²) < 4.78 is 15.5. The van der Waals surface area contributed by atoms with Gasteiger partial charge in [0.2, 0.25) is 5.91 Å². The van der Waals surface area contributed by atoms with Crippen LogP contribution in [0.5, 0.6) is 0 Å². The van der Waals surface area contributed by atoms with Crippen molar-refractivity contribution >= 4 is 34.8 Å². The van der Waals surface area contributed by atoms with E-state index in [1.807, 2.05) is 43.1 Å². The molecule has 2 aromatic heterocycles. The zero-order chi connectivity index (χ0) is 45.1. The first-order valence-electron chi connectivity index (χ1n) is 21.6. The smallest absolute Gasteiger partial charge is 0.409 e. The van der Waals surface area contributed by atoms with E-state index in [0.29, 0.717) is 30.9 Å². The molecule has 4 aromatic carbocycles. The maximum Gasteiger partial charge on any atom is 0.409 e. The number of benzene rings is 4. The first kappa shape index (κ1) is 43.6. The Balaban J connectivity index is 0.958. The number of alkyl carbamates (subject to hydrolysis) is 1. The van der Waals surface area contributed by atoms with Crippen LogP contribution >= 0.6 is 0 Å². The van der Waals surface area contributed by atoms with Crippen molar-refractivity contribution in [1.82, 2.24) is 40.0 Å². The minimum absolute atomic E-state index is 0.0983. The number of ether oxygens (including phenoxy) is 3. The summed E-state index contributed by atoms with van der Waals surface area (Å²) in [6.07, 6.45) is 4.32. The van der Waals surface area contributed by atoms with E-state index in [2.05, 4.69) is 75.9 Å². The van der Waals surface area contributed by atoms with Crippen LogP contribution in [-0.2, 0) is 23.8 Å². The number of rotatable bonds is 12. The highest BCUT2D eigenvalue weighted by molar-refractivity contribution is 5.91. The van der Waals surface area contributed by atoms with Crippen LogP contribution < -0.4 is 5.32 Å². The maximum atomic E-state index is 14.1. The molecule has 0 spiro atoms. The summed E-state index contributed by atoms with van der Waals surface area (Å²) in [5.41, 5.74) is 6.38. The van der Waals surface area contributed by atoms with Crippen molar-refractivity contribution in [2.24, 2.45) is 5.92 Å². The van der Waals surface area contributed by atoms with Gasteiger partial charge < -0.3 is 39.3 Å². The second-order valence-corrected chi connectivity index (χ2v) is 16.8. The molecule has 6 aromatic rings. The van der Waals surface area contributed by atoms with Gasteiger partial charge in [0, 0.05) is 39.2 Å². The number of likely N-dealkylation sites (N-methyl/N-ethyl adjacent to an activating group) is 1. The molecular formula is C49H54N8O7. The van der Waals surface area contributed by atoms with Gasteiger partial charge in [-0.1, -0.05) is 92.7 Å². The van der Waals surface area contributed by atoms with Crippen LogP contribution in [0.25, 0.3) is 44.4 Å². The van der Waals surface area contributed by atoms with E-state index < -0.39 is 30.3 Å². The van der Waals surface area contributed by atoms with E-state index in [4.69, 9.17) is 24.2 Å². The summed E-state index contributed by atoms with van der Waals surface area (Å²) in [7, 11) is 5.83. The van der Waals surface area contributed by atoms with Gasteiger partial charge >= 0.3 is 12.2 Å². The minimum Gasteiger partial charge on any atom is -0.453 e.